The number of H-pyrrole nitrogens is 1. The Morgan fingerprint density at radius 3 is 2.68 bits per heavy atom. The highest BCUT2D eigenvalue weighted by molar-refractivity contribution is 5.83. The molecule has 1 aliphatic rings. The van der Waals surface area contributed by atoms with Crippen molar-refractivity contribution in [3.05, 3.63) is 47.8 Å². The van der Waals surface area contributed by atoms with Gasteiger partial charge in [0, 0.05) is 62.2 Å². The summed E-state index contributed by atoms with van der Waals surface area (Å²) in [7, 11) is 0. The SMILES string of the molecule is CC(C)N1CCN(C(=O)CCc2nnc(Cc3c[nH]c4ccccc34)o2)CC1. The van der Waals surface area contributed by atoms with Gasteiger partial charge in [0.05, 0.1) is 6.42 Å². The number of aromatic nitrogens is 3. The molecule has 1 aliphatic heterocycles. The molecule has 1 saturated heterocycles. The molecule has 3 aromatic rings. The first-order chi connectivity index (χ1) is 13.6. The summed E-state index contributed by atoms with van der Waals surface area (Å²) in [5.41, 5.74) is 2.23. The van der Waals surface area contributed by atoms with E-state index in [4.69, 9.17) is 4.42 Å². The van der Waals surface area contributed by atoms with Gasteiger partial charge in [0.1, 0.15) is 0 Å². The van der Waals surface area contributed by atoms with Crippen LogP contribution in [-0.2, 0) is 17.6 Å². The average Bonchev–Trinajstić information content (AvgIpc) is 3.34. The maximum atomic E-state index is 12.5. The van der Waals surface area contributed by atoms with Gasteiger partial charge in [-0.05, 0) is 25.5 Å². The van der Waals surface area contributed by atoms with E-state index in [1.807, 2.05) is 29.3 Å². The summed E-state index contributed by atoms with van der Waals surface area (Å²) in [6.45, 7) is 7.87. The summed E-state index contributed by atoms with van der Waals surface area (Å²) >= 11 is 0. The van der Waals surface area contributed by atoms with Crippen molar-refractivity contribution in [3.63, 3.8) is 0 Å². The highest BCUT2D eigenvalue weighted by Crippen LogP contribution is 2.20. The first kappa shape index (κ1) is 18.7. The minimum absolute atomic E-state index is 0.166. The van der Waals surface area contributed by atoms with Crippen LogP contribution in [0.4, 0.5) is 0 Å². The van der Waals surface area contributed by atoms with Crippen LogP contribution >= 0.6 is 0 Å². The third-order valence-corrected chi connectivity index (χ3v) is 5.48. The predicted molar refractivity (Wildman–Crippen MR) is 107 cm³/mol. The van der Waals surface area contributed by atoms with Crippen molar-refractivity contribution in [3.8, 4) is 0 Å². The maximum Gasteiger partial charge on any atom is 0.223 e. The molecule has 0 spiro atoms. The van der Waals surface area contributed by atoms with E-state index in [-0.39, 0.29) is 5.91 Å². The van der Waals surface area contributed by atoms with Crippen molar-refractivity contribution >= 4 is 16.8 Å². The zero-order valence-electron chi connectivity index (χ0n) is 16.5. The van der Waals surface area contributed by atoms with Crippen molar-refractivity contribution in [1.29, 1.82) is 0 Å². The molecular formula is C21H27N5O2. The quantitative estimate of drug-likeness (QED) is 0.710. The summed E-state index contributed by atoms with van der Waals surface area (Å²) in [6, 6.07) is 8.69. The first-order valence-corrected chi connectivity index (χ1v) is 9.98. The minimum atomic E-state index is 0.166. The molecule has 0 saturated carbocycles. The Balaban J connectivity index is 1.30. The molecule has 3 heterocycles. The van der Waals surface area contributed by atoms with Gasteiger partial charge in [0.15, 0.2) is 0 Å². The number of rotatable bonds is 6. The van der Waals surface area contributed by atoms with Crippen molar-refractivity contribution in [2.75, 3.05) is 26.2 Å². The van der Waals surface area contributed by atoms with Gasteiger partial charge in [-0.3, -0.25) is 9.69 Å². The highest BCUT2D eigenvalue weighted by atomic mass is 16.4. The number of fused-ring (bicyclic) bond motifs is 1. The first-order valence-electron chi connectivity index (χ1n) is 9.98. The Morgan fingerprint density at radius 1 is 1.14 bits per heavy atom. The Labute approximate surface area is 164 Å². The lowest BCUT2D eigenvalue weighted by molar-refractivity contribution is -0.133. The third kappa shape index (κ3) is 4.09. The molecule has 28 heavy (non-hydrogen) atoms. The summed E-state index contributed by atoms with van der Waals surface area (Å²) < 4.78 is 5.78. The van der Waals surface area contributed by atoms with Gasteiger partial charge in [-0.1, -0.05) is 18.2 Å². The van der Waals surface area contributed by atoms with Gasteiger partial charge in [-0.25, -0.2) is 0 Å². The fourth-order valence-electron chi connectivity index (χ4n) is 3.76. The number of hydrogen-bond donors (Lipinski definition) is 1. The molecule has 0 unspecified atom stereocenters. The second kappa shape index (κ2) is 8.14. The standard InChI is InChI=1S/C21H27N5O2/c1-15(2)25-9-11-26(12-10-25)21(27)8-7-19-23-24-20(28-19)13-16-14-22-18-6-4-3-5-17(16)18/h3-6,14-15,22H,7-13H2,1-2H3. The van der Waals surface area contributed by atoms with Crippen LogP contribution in [0.3, 0.4) is 0 Å². The molecule has 0 aliphatic carbocycles. The lowest BCUT2D eigenvalue weighted by Crippen LogP contribution is -2.50. The van der Waals surface area contributed by atoms with Crippen molar-refractivity contribution < 1.29 is 9.21 Å². The number of carbonyl (C=O) groups excluding carboxylic acids is 1. The topological polar surface area (TPSA) is 78.3 Å². The van der Waals surface area contributed by atoms with Crippen molar-refractivity contribution in [2.24, 2.45) is 0 Å². The van der Waals surface area contributed by atoms with Crippen LogP contribution < -0.4 is 0 Å². The second-order valence-corrected chi connectivity index (χ2v) is 7.64. The Kier molecular flexibility index (Phi) is 5.43. The van der Waals surface area contributed by atoms with E-state index in [1.54, 1.807) is 0 Å². The highest BCUT2D eigenvalue weighted by Gasteiger charge is 2.22. The van der Waals surface area contributed by atoms with E-state index in [9.17, 15) is 4.79 Å². The average molecular weight is 381 g/mol. The number of amides is 1. The van der Waals surface area contributed by atoms with E-state index in [0.29, 0.717) is 37.1 Å². The largest absolute Gasteiger partial charge is 0.425 e. The van der Waals surface area contributed by atoms with Gasteiger partial charge < -0.3 is 14.3 Å². The number of hydrogen-bond acceptors (Lipinski definition) is 5. The molecule has 148 valence electrons. The molecule has 1 aromatic carbocycles. The normalized spacial score (nSPS) is 15.6. The summed E-state index contributed by atoms with van der Waals surface area (Å²) in [5, 5.41) is 9.44. The van der Waals surface area contributed by atoms with E-state index >= 15 is 0 Å². The smallest absolute Gasteiger partial charge is 0.223 e. The molecule has 1 amide bonds. The zero-order valence-corrected chi connectivity index (χ0v) is 16.5. The molecule has 1 N–H and O–H groups in total. The molecule has 1 fully saturated rings. The van der Waals surface area contributed by atoms with Gasteiger partial charge in [-0.15, -0.1) is 10.2 Å². The number of nitrogens with one attached hydrogen (secondary N) is 1. The van der Waals surface area contributed by atoms with Crippen LogP contribution in [0.25, 0.3) is 10.9 Å². The number of carbonyl (C=O) groups is 1. The van der Waals surface area contributed by atoms with Crippen LogP contribution in [0.15, 0.2) is 34.9 Å². The van der Waals surface area contributed by atoms with Crippen molar-refractivity contribution in [2.45, 2.75) is 39.2 Å². The van der Waals surface area contributed by atoms with Gasteiger partial charge in [0.25, 0.3) is 0 Å². The maximum absolute atomic E-state index is 12.5. The molecule has 0 radical (unpaired) electrons. The Hall–Kier alpha value is -2.67. The number of benzene rings is 1. The van der Waals surface area contributed by atoms with E-state index in [0.717, 1.165) is 42.6 Å². The second-order valence-electron chi connectivity index (χ2n) is 7.64. The Bertz CT molecular complexity index is 937. The molecule has 7 nitrogen and oxygen atoms in total. The minimum Gasteiger partial charge on any atom is -0.425 e. The number of nitrogens with zero attached hydrogens (tertiary/aromatic N) is 4. The van der Waals surface area contributed by atoms with Crippen LogP contribution in [0.2, 0.25) is 0 Å². The van der Waals surface area contributed by atoms with Crippen molar-refractivity contribution in [1.82, 2.24) is 25.0 Å². The van der Waals surface area contributed by atoms with E-state index in [1.165, 1.54) is 0 Å². The summed E-state index contributed by atoms with van der Waals surface area (Å²) in [6.07, 6.45) is 3.47. The van der Waals surface area contributed by atoms with Crippen LogP contribution in [-0.4, -0.2) is 63.1 Å². The van der Waals surface area contributed by atoms with E-state index < -0.39 is 0 Å². The fourth-order valence-corrected chi connectivity index (χ4v) is 3.76. The van der Waals surface area contributed by atoms with Gasteiger partial charge >= 0.3 is 0 Å². The molecule has 7 heteroatoms. The molecule has 2 aromatic heterocycles. The zero-order chi connectivity index (χ0) is 19.5. The van der Waals surface area contributed by atoms with Gasteiger partial charge in [0.2, 0.25) is 17.7 Å². The molecule has 4 rings (SSSR count). The van der Waals surface area contributed by atoms with Crippen LogP contribution in [0.1, 0.15) is 37.6 Å². The predicted octanol–water partition coefficient (Wildman–Crippen LogP) is 2.63. The Morgan fingerprint density at radius 2 is 1.89 bits per heavy atom. The number of aryl methyl sites for hydroxylation is 1. The lowest BCUT2D eigenvalue weighted by atomic mass is 10.1. The van der Waals surface area contributed by atoms with Gasteiger partial charge in [-0.2, -0.15) is 0 Å². The number of aromatic amines is 1. The summed E-state index contributed by atoms with van der Waals surface area (Å²) in [5.74, 6) is 1.28. The molecule has 0 bridgehead atoms. The molecular weight excluding hydrogens is 354 g/mol. The fraction of sp³-hybridized carbons (Fsp3) is 0.476. The summed E-state index contributed by atoms with van der Waals surface area (Å²) in [4.78, 5) is 20.1. The van der Waals surface area contributed by atoms with Crippen LogP contribution in [0, 0.1) is 0 Å². The lowest BCUT2D eigenvalue weighted by Gasteiger charge is -2.36. The van der Waals surface area contributed by atoms with E-state index in [2.05, 4.69) is 40.0 Å². The third-order valence-electron chi connectivity index (χ3n) is 5.48. The monoisotopic (exact) mass is 381 g/mol. The number of para-hydroxylation sites is 1. The number of piperazine rings is 1. The molecule has 0 atom stereocenters. The van der Waals surface area contributed by atoms with Crippen LogP contribution in [0.5, 0.6) is 0 Å².